The Kier molecular flexibility index (Phi) is 3.25. The maximum absolute atomic E-state index is 12.6. The third-order valence-electron chi connectivity index (χ3n) is 4.38. The number of para-hydroxylation sites is 1. The largest absolute Gasteiger partial charge is 0.294 e. The average Bonchev–Trinajstić information content (AvgIpc) is 3.05. The molecule has 0 bridgehead atoms. The monoisotopic (exact) mass is 389 g/mol. The molecule has 4 rings (SSSR count). The summed E-state index contributed by atoms with van der Waals surface area (Å²) < 4.78 is 2.98. The Balaban J connectivity index is 1.97. The lowest BCUT2D eigenvalue weighted by Crippen LogP contribution is -2.30. The van der Waals surface area contributed by atoms with Crippen LogP contribution in [0.4, 0.5) is 0 Å². The zero-order valence-corrected chi connectivity index (χ0v) is 15.5. The summed E-state index contributed by atoms with van der Waals surface area (Å²) in [5.74, 6) is 0.172. The van der Waals surface area contributed by atoms with Crippen LogP contribution in [0.3, 0.4) is 0 Å². The molecule has 6 heteroatoms. The lowest BCUT2D eigenvalue weighted by molar-refractivity contribution is 0.0909. The number of fused-ring (bicyclic) bond motifs is 2. The van der Waals surface area contributed by atoms with Crippen molar-refractivity contribution in [2.45, 2.75) is 32.0 Å². The summed E-state index contributed by atoms with van der Waals surface area (Å²) in [4.78, 5) is 17.4. The van der Waals surface area contributed by atoms with Crippen LogP contribution in [-0.4, -0.2) is 20.5 Å². The summed E-state index contributed by atoms with van der Waals surface area (Å²) in [6, 6.07) is 8.04. The molecule has 2 aromatic heterocycles. The second-order valence-corrected chi connectivity index (χ2v) is 8.60. The SMILES string of the molecule is Cc1nn(-c2nc3ccccc3s2)c2c1C(=O)CC(C)(C)C2Br. The average molecular weight is 390 g/mol. The number of nitrogens with zero attached hydrogens (tertiary/aromatic N) is 3. The van der Waals surface area contributed by atoms with Crippen molar-refractivity contribution in [1.29, 1.82) is 0 Å². The molecule has 0 spiro atoms. The number of thiazole rings is 1. The van der Waals surface area contributed by atoms with E-state index in [1.165, 1.54) is 0 Å². The number of benzene rings is 1. The molecule has 2 heterocycles. The van der Waals surface area contributed by atoms with E-state index in [1.807, 2.05) is 29.8 Å². The van der Waals surface area contributed by atoms with Crippen LogP contribution < -0.4 is 0 Å². The van der Waals surface area contributed by atoms with E-state index in [-0.39, 0.29) is 16.0 Å². The highest BCUT2D eigenvalue weighted by Gasteiger charge is 2.43. The minimum absolute atomic E-state index is 0.0657. The topological polar surface area (TPSA) is 47.8 Å². The van der Waals surface area contributed by atoms with Crippen LogP contribution >= 0.6 is 27.3 Å². The van der Waals surface area contributed by atoms with Crippen LogP contribution in [0.5, 0.6) is 0 Å². The molecule has 3 aromatic rings. The molecular formula is C17H16BrN3OS. The van der Waals surface area contributed by atoms with Crippen LogP contribution in [0.15, 0.2) is 24.3 Å². The van der Waals surface area contributed by atoms with E-state index in [9.17, 15) is 4.79 Å². The Hall–Kier alpha value is -1.53. The van der Waals surface area contributed by atoms with Gasteiger partial charge in [-0.05, 0) is 24.5 Å². The molecule has 0 saturated heterocycles. The van der Waals surface area contributed by atoms with Gasteiger partial charge in [-0.25, -0.2) is 9.67 Å². The van der Waals surface area contributed by atoms with E-state index >= 15 is 0 Å². The number of Topliss-reactive ketones (excluding diaryl/α,β-unsaturated/α-hetero) is 1. The molecular weight excluding hydrogens is 374 g/mol. The number of hydrogen-bond acceptors (Lipinski definition) is 4. The third kappa shape index (κ3) is 2.19. The zero-order valence-electron chi connectivity index (χ0n) is 13.1. The summed E-state index contributed by atoms with van der Waals surface area (Å²) in [6.45, 7) is 6.12. The molecule has 0 saturated carbocycles. The maximum Gasteiger partial charge on any atom is 0.211 e. The van der Waals surface area contributed by atoms with Gasteiger partial charge in [0.05, 0.1) is 32.0 Å². The number of rotatable bonds is 1. The van der Waals surface area contributed by atoms with Crippen molar-refractivity contribution >= 4 is 43.3 Å². The predicted molar refractivity (Wildman–Crippen MR) is 95.9 cm³/mol. The van der Waals surface area contributed by atoms with Crippen molar-refractivity contribution < 1.29 is 4.79 Å². The van der Waals surface area contributed by atoms with Gasteiger partial charge < -0.3 is 0 Å². The van der Waals surface area contributed by atoms with E-state index in [1.54, 1.807) is 11.3 Å². The van der Waals surface area contributed by atoms with Gasteiger partial charge in [-0.1, -0.05) is 53.2 Å². The Morgan fingerprint density at radius 3 is 2.83 bits per heavy atom. The molecule has 1 aliphatic rings. The minimum Gasteiger partial charge on any atom is -0.294 e. The van der Waals surface area contributed by atoms with Gasteiger partial charge >= 0.3 is 0 Å². The number of alkyl halides is 1. The summed E-state index contributed by atoms with van der Waals surface area (Å²) >= 11 is 5.40. The predicted octanol–water partition coefficient (Wildman–Crippen LogP) is 4.84. The van der Waals surface area contributed by atoms with Gasteiger partial charge in [0, 0.05) is 6.42 Å². The Labute approximate surface area is 146 Å². The highest BCUT2D eigenvalue weighted by Crippen LogP contribution is 2.50. The third-order valence-corrected chi connectivity index (χ3v) is 7.07. The lowest BCUT2D eigenvalue weighted by Gasteiger charge is -2.34. The fraction of sp³-hybridized carbons (Fsp3) is 0.353. The van der Waals surface area contributed by atoms with Crippen molar-refractivity contribution in [3.05, 3.63) is 41.2 Å². The Bertz CT molecular complexity index is 908. The van der Waals surface area contributed by atoms with E-state index in [2.05, 4.69) is 40.9 Å². The Morgan fingerprint density at radius 1 is 1.35 bits per heavy atom. The normalized spacial score (nSPS) is 20.0. The number of aryl methyl sites for hydroxylation is 1. The molecule has 1 aliphatic carbocycles. The first-order chi connectivity index (χ1) is 10.9. The first-order valence-electron chi connectivity index (χ1n) is 7.51. The Morgan fingerprint density at radius 2 is 2.09 bits per heavy atom. The number of halogens is 1. The van der Waals surface area contributed by atoms with Crippen LogP contribution in [-0.2, 0) is 0 Å². The van der Waals surface area contributed by atoms with Crippen molar-refractivity contribution in [3.63, 3.8) is 0 Å². The highest BCUT2D eigenvalue weighted by molar-refractivity contribution is 9.09. The van der Waals surface area contributed by atoms with Gasteiger partial charge in [0.25, 0.3) is 0 Å². The van der Waals surface area contributed by atoms with Crippen LogP contribution in [0, 0.1) is 12.3 Å². The van der Waals surface area contributed by atoms with Gasteiger partial charge in [-0.2, -0.15) is 5.10 Å². The van der Waals surface area contributed by atoms with Crippen molar-refractivity contribution in [1.82, 2.24) is 14.8 Å². The number of hydrogen-bond donors (Lipinski definition) is 0. The van der Waals surface area contributed by atoms with E-state index < -0.39 is 0 Å². The molecule has 1 unspecified atom stereocenters. The van der Waals surface area contributed by atoms with Gasteiger partial charge in [0.1, 0.15) is 0 Å². The fourth-order valence-corrected chi connectivity index (χ4v) is 4.70. The van der Waals surface area contributed by atoms with Crippen LogP contribution in [0.25, 0.3) is 15.3 Å². The smallest absolute Gasteiger partial charge is 0.211 e. The van der Waals surface area contributed by atoms with Crippen molar-refractivity contribution in [2.24, 2.45) is 5.41 Å². The van der Waals surface area contributed by atoms with Crippen molar-refractivity contribution in [3.8, 4) is 5.13 Å². The quantitative estimate of drug-likeness (QED) is 0.559. The van der Waals surface area contributed by atoms with E-state index in [0.717, 1.165) is 32.3 Å². The van der Waals surface area contributed by atoms with Gasteiger partial charge in [0.2, 0.25) is 5.13 Å². The van der Waals surface area contributed by atoms with Crippen LogP contribution in [0.1, 0.15) is 46.8 Å². The summed E-state index contributed by atoms with van der Waals surface area (Å²) in [5, 5.41) is 5.45. The standard InChI is InChI=1S/C17H16BrN3OS/c1-9-13-11(22)8-17(2,3)15(18)14(13)21(20-9)16-19-10-6-4-5-7-12(10)23-16/h4-7,15H,8H2,1-3H3. The van der Waals surface area contributed by atoms with E-state index in [0.29, 0.717) is 6.42 Å². The molecule has 23 heavy (non-hydrogen) atoms. The first-order valence-corrected chi connectivity index (χ1v) is 9.24. The number of carbonyl (C=O) groups is 1. The minimum atomic E-state index is -0.148. The van der Waals surface area contributed by atoms with Gasteiger partial charge in [-0.3, -0.25) is 4.79 Å². The molecule has 118 valence electrons. The molecule has 1 aromatic carbocycles. The van der Waals surface area contributed by atoms with Gasteiger partial charge in [0.15, 0.2) is 5.78 Å². The summed E-state index contributed by atoms with van der Waals surface area (Å²) in [7, 11) is 0. The van der Waals surface area contributed by atoms with E-state index in [4.69, 9.17) is 4.98 Å². The molecule has 0 amide bonds. The number of carbonyl (C=O) groups excluding carboxylic acids is 1. The molecule has 0 radical (unpaired) electrons. The van der Waals surface area contributed by atoms with Gasteiger partial charge in [-0.15, -0.1) is 0 Å². The lowest BCUT2D eigenvalue weighted by atomic mass is 9.75. The molecule has 1 atom stereocenters. The highest BCUT2D eigenvalue weighted by atomic mass is 79.9. The van der Waals surface area contributed by atoms with Crippen LogP contribution in [0.2, 0.25) is 0 Å². The number of aromatic nitrogens is 3. The first kappa shape index (κ1) is 15.0. The molecule has 4 nitrogen and oxygen atoms in total. The second kappa shape index (κ2) is 4.98. The molecule has 0 aliphatic heterocycles. The zero-order chi connectivity index (χ0) is 16.4. The maximum atomic E-state index is 12.6. The number of ketones is 1. The molecule has 0 N–H and O–H groups in total. The van der Waals surface area contributed by atoms with Crippen molar-refractivity contribution in [2.75, 3.05) is 0 Å². The second-order valence-electron chi connectivity index (χ2n) is 6.67. The summed E-state index contributed by atoms with van der Waals surface area (Å²) in [5.41, 5.74) is 3.28. The molecule has 0 fully saturated rings. The summed E-state index contributed by atoms with van der Waals surface area (Å²) in [6.07, 6.45) is 0.530. The fourth-order valence-electron chi connectivity index (χ4n) is 3.18.